The lowest BCUT2D eigenvalue weighted by Gasteiger charge is -2.08. The van der Waals surface area contributed by atoms with Crippen LogP contribution in [0.5, 0.6) is 5.88 Å². The van der Waals surface area contributed by atoms with E-state index in [1.54, 1.807) is 6.07 Å². The maximum absolute atomic E-state index is 12.4. The van der Waals surface area contributed by atoms with Gasteiger partial charge in [-0.2, -0.15) is 18.4 Å². The molecule has 0 fully saturated rings. The Labute approximate surface area is 95.8 Å². The number of nitriles is 1. The molecule has 0 aliphatic rings. The minimum atomic E-state index is -4.48. The van der Waals surface area contributed by atoms with E-state index >= 15 is 0 Å². The van der Waals surface area contributed by atoms with Gasteiger partial charge in [-0.3, -0.25) is 0 Å². The van der Waals surface area contributed by atoms with Crippen molar-refractivity contribution < 1.29 is 17.9 Å². The Morgan fingerprint density at radius 2 is 2.18 bits per heavy atom. The fraction of sp³-hybridized carbons (Fsp3) is 0.273. The van der Waals surface area contributed by atoms with Crippen molar-refractivity contribution in [3.05, 3.63) is 23.4 Å². The van der Waals surface area contributed by atoms with Gasteiger partial charge in [0.1, 0.15) is 0 Å². The van der Waals surface area contributed by atoms with E-state index in [2.05, 4.69) is 16.8 Å². The van der Waals surface area contributed by atoms with Crippen LogP contribution in [0.1, 0.15) is 17.5 Å². The molecular weight excluding hydrogens is 233 g/mol. The normalized spacial score (nSPS) is 10.1. The van der Waals surface area contributed by atoms with Crippen LogP contribution >= 0.6 is 0 Å². The van der Waals surface area contributed by atoms with Crippen LogP contribution in [0.4, 0.5) is 13.2 Å². The molecule has 1 aromatic heterocycles. The van der Waals surface area contributed by atoms with Crippen LogP contribution in [0.3, 0.4) is 0 Å². The van der Waals surface area contributed by atoms with Gasteiger partial charge in [0.15, 0.2) is 0 Å². The van der Waals surface area contributed by atoms with Crippen molar-refractivity contribution >= 4 is 0 Å². The molecule has 17 heavy (non-hydrogen) atoms. The van der Waals surface area contributed by atoms with Crippen LogP contribution < -0.4 is 4.74 Å². The lowest BCUT2D eigenvalue weighted by Crippen LogP contribution is -2.06. The number of alkyl halides is 3. The predicted octanol–water partition coefficient (Wildman–Crippen LogP) is 2.37. The second kappa shape index (κ2) is 5.22. The minimum Gasteiger partial charge on any atom is -0.480 e. The van der Waals surface area contributed by atoms with Gasteiger partial charge in [0.2, 0.25) is 5.88 Å². The maximum Gasteiger partial charge on any atom is 0.417 e. The molecule has 0 saturated carbocycles. The van der Waals surface area contributed by atoms with Gasteiger partial charge in [-0.15, -0.1) is 0 Å². The summed E-state index contributed by atoms with van der Waals surface area (Å²) < 4.78 is 42.0. The van der Waals surface area contributed by atoms with E-state index in [-0.39, 0.29) is 17.9 Å². The number of halogens is 3. The van der Waals surface area contributed by atoms with Crippen molar-refractivity contribution in [3.63, 3.8) is 0 Å². The van der Waals surface area contributed by atoms with E-state index in [9.17, 15) is 13.2 Å². The number of methoxy groups -OCH3 is 1. The summed E-state index contributed by atoms with van der Waals surface area (Å²) in [5.74, 6) is 4.83. The monoisotopic (exact) mass is 240 g/mol. The Bertz CT molecular complexity index is 506. The van der Waals surface area contributed by atoms with Gasteiger partial charge in [0, 0.05) is 6.20 Å². The minimum absolute atomic E-state index is 0.00318. The van der Waals surface area contributed by atoms with Crippen LogP contribution in [-0.4, -0.2) is 12.1 Å². The SMILES string of the molecule is COc1ncc(C(F)(F)F)cc1C#CCC#N. The third-order valence-electron chi connectivity index (χ3n) is 1.76. The average molecular weight is 240 g/mol. The zero-order valence-electron chi connectivity index (χ0n) is 8.80. The van der Waals surface area contributed by atoms with E-state index in [1.807, 2.05) is 0 Å². The van der Waals surface area contributed by atoms with Crippen LogP contribution in [0.2, 0.25) is 0 Å². The van der Waals surface area contributed by atoms with Gasteiger partial charge in [-0.05, 0) is 6.07 Å². The Morgan fingerprint density at radius 1 is 1.47 bits per heavy atom. The van der Waals surface area contributed by atoms with Crippen LogP contribution in [0, 0.1) is 23.2 Å². The lowest BCUT2D eigenvalue weighted by atomic mass is 10.2. The molecule has 0 aliphatic carbocycles. The molecule has 1 rings (SSSR count). The smallest absolute Gasteiger partial charge is 0.417 e. The summed E-state index contributed by atoms with van der Waals surface area (Å²) in [6.45, 7) is 0. The van der Waals surface area contributed by atoms with E-state index in [4.69, 9.17) is 10.00 Å². The van der Waals surface area contributed by atoms with Crippen molar-refractivity contribution in [3.8, 4) is 23.8 Å². The molecule has 0 bridgehead atoms. The molecule has 0 saturated heterocycles. The second-order valence-corrected chi connectivity index (χ2v) is 2.92. The topological polar surface area (TPSA) is 45.9 Å². The summed E-state index contributed by atoms with van der Waals surface area (Å²) in [5, 5.41) is 8.28. The first-order chi connectivity index (χ1) is 7.99. The number of ether oxygens (including phenoxy) is 1. The molecule has 0 unspecified atom stereocenters. The number of rotatable bonds is 1. The predicted molar refractivity (Wildman–Crippen MR) is 52.9 cm³/mol. The van der Waals surface area contributed by atoms with E-state index in [0.717, 1.165) is 6.07 Å². The average Bonchev–Trinajstić information content (AvgIpc) is 2.28. The van der Waals surface area contributed by atoms with E-state index in [1.165, 1.54) is 7.11 Å². The molecule has 0 N–H and O–H groups in total. The van der Waals surface area contributed by atoms with Crippen molar-refractivity contribution in [2.45, 2.75) is 12.6 Å². The molecule has 0 spiro atoms. The summed E-state index contributed by atoms with van der Waals surface area (Å²) in [4.78, 5) is 3.51. The fourth-order valence-electron chi connectivity index (χ4n) is 1.04. The molecule has 0 aliphatic heterocycles. The Hall–Kier alpha value is -2.21. The summed E-state index contributed by atoms with van der Waals surface area (Å²) in [5.41, 5.74) is -0.892. The van der Waals surface area contributed by atoms with Crippen molar-refractivity contribution in [2.24, 2.45) is 0 Å². The molecule has 0 aromatic carbocycles. The van der Waals surface area contributed by atoms with Crippen LogP contribution in [0.15, 0.2) is 12.3 Å². The van der Waals surface area contributed by atoms with Gasteiger partial charge >= 0.3 is 6.18 Å². The molecule has 6 heteroatoms. The number of aromatic nitrogens is 1. The Kier molecular flexibility index (Phi) is 3.95. The van der Waals surface area contributed by atoms with Gasteiger partial charge in [-0.25, -0.2) is 4.98 Å². The highest BCUT2D eigenvalue weighted by molar-refractivity contribution is 5.44. The summed E-state index contributed by atoms with van der Waals surface area (Å²) in [6.07, 6.45) is -3.88. The van der Waals surface area contributed by atoms with E-state index in [0.29, 0.717) is 6.20 Å². The van der Waals surface area contributed by atoms with Gasteiger partial charge < -0.3 is 4.74 Å². The fourth-order valence-corrected chi connectivity index (χ4v) is 1.04. The molecular formula is C11H7F3N2O. The van der Waals surface area contributed by atoms with E-state index < -0.39 is 11.7 Å². The Balaban J connectivity index is 3.18. The van der Waals surface area contributed by atoms with Crippen molar-refractivity contribution in [2.75, 3.05) is 7.11 Å². The standard InChI is InChI=1S/C11H7F3N2O/c1-17-10-8(4-2-3-5-15)6-9(7-16-10)11(12,13)14/h6-7H,3H2,1H3. The zero-order valence-corrected chi connectivity index (χ0v) is 8.80. The molecule has 3 nitrogen and oxygen atoms in total. The number of hydrogen-bond donors (Lipinski definition) is 0. The third kappa shape index (κ3) is 3.39. The molecule has 1 aromatic rings. The highest BCUT2D eigenvalue weighted by Gasteiger charge is 2.31. The largest absolute Gasteiger partial charge is 0.480 e. The first-order valence-corrected chi connectivity index (χ1v) is 4.46. The molecule has 0 amide bonds. The van der Waals surface area contributed by atoms with Crippen molar-refractivity contribution in [1.29, 1.82) is 5.26 Å². The van der Waals surface area contributed by atoms with Gasteiger partial charge in [0.05, 0.1) is 30.7 Å². The highest BCUT2D eigenvalue weighted by atomic mass is 19.4. The first kappa shape index (κ1) is 12.9. The Morgan fingerprint density at radius 3 is 2.71 bits per heavy atom. The number of nitrogens with zero attached hydrogens (tertiary/aromatic N) is 2. The summed E-state index contributed by atoms with van der Waals surface area (Å²) in [6, 6.07) is 2.61. The van der Waals surface area contributed by atoms with Crippen LogP contribution in [0.25, 0.3) is 0 Å². The lowest BCUT2D eigenvalue weighted by molar-refractivity contribution is -0.137. The summed E-state index contributed by atoms with van der Waals surface area (Å²) in [7, 11) is 1.28. The molecule has 1 heterocycles. The molecule has 0 radical (unpaired) electrons. The third-order valence-corrected chi connectivity index (χ3v) is 1.76. The van der Waals surface area contributed by atoms with Gasteiger partial charge in [-0.1, -0.05) is 11.8 Å². The maximum atomic E-state index is 12.4. The second-order valence-electron chi connectivity index (χ2n) is 2.92. The van der Waals surface area contributed by atoms with Gasteiger partial charge in [0.25, 0.3) is 0 Å². The molecule has 0 atom stereocenters. The number of pyridine rings is 1. The quantitative estimate of drug-likeness (QED) is 0.708. The zero-order chi connectivity index (χ0) is 12.9. The van der Waals surface area contributed by atoms with Crippen LogP contribution in [-0.2, 0) is 6.18 Å². The summed E-state index contributed by atoms with van der Waals surface area (Å²) >= 11 is 0. The number of hydrogen-bond acceptors (Lipinski definition) is 3. The molecule has 88 valence electrons. The highest BCUT2D eigenvalue weighted by Crippen LogP contribution is 2.30. The van der Waals surface area contributed by atoms with Crippen molar-refractivity contribution in [1.82, 2.24) is 4.98 Å². The first-order valence-electron chi connectivity index (χ1n) is 4.46.